The van der Waals surface area contributed by atoms with Crippen molar-refractivity contribution in [2.45, 2.75) is 0 Å². The first-order valence-electron chi connectivity index (χ1n) is 6.16. The number of hydrogen-bond acceptors (Lipinski definition) is 21. The van der Waals surface area contributed by atoms with E-state index in [2.05, 4.69) is 3.17 Å². The number of halogens is 1. The summed E-state index contributed by atoms with van der Waals surface area (Å²) < 4.78 is 4.67. The van der Waals surface area contributed by atoms with E-state index in [1.807, 2.05) is 0 Å². The van der Waals surface area contributed by atoms with Crippen molar-refractivity contribution in [3.05, 3.63) is 0 Å². The van der Waals surface area contributed by atoms with Gasteiger partial charge in [-0.25, -0.2) is 5.84 Å². The minimum Gasteiger partial charge on any atom is -0.209 e. The fraction of sp³-hybridized carbons (Fsp3) is 0. The van der Waals surface area contributed by atoms with Crippen molar-refractivity contribution < 1.29 is 88.0 Å². The van der Waals surface area contributed by atoms with Crippen LogP contribution in [0.2, 0.25) is 0 Å². The Morgan fingerprint density at radius 3 is 1.57 bits per heavy atom. The molecule has 6 bridgehead atoms. The topological polar surface area (TPSA) is 299 Å². The standard InChI is InChI=1S/H14IN15O12/c1-17-11(3)20-10-21-12(4)18-9(2)19-13(5)25-15(7,23-11)27-14(6,22-10)28-16(8,24-12)26-13/h2-8H2/q+6. The van der Waals surface area contributed by atoms with E-state index in [0.29, 0.717) is 0 Å². The summed E-state index contributed by atoms with van der Waals surface area (Å²) in [6.45, 7) is 0. The third kappa shape index (κ3) is 3.85. The van der Waals surface area contributed by atoms with Crippen molar-refractivity contribution in [1.82, 2.24) is 10.7 Å². The number of fused-ring (bicyclic) bond motifs is 4. The monoisotopic (exact) mass is 543 g/mol. The maximum Gasteiger partial charge on any atom is 0.359 e. The molecule has 4 aliphatic rings. The second-order valence-electron chi connectivity index (χ2n) is 4.72. The molecule has 0 aromatic heterocycles. The lowest BCUT2D eigenvalue weighted by molar-refractivity contribution is -1.83. The number of hydrazine groups is 1. The smallest absolute Gasteiger partial charge is 0.209 e. The molecule has 28 heavy (non-hydrogen) atoms. The predicted octanol–water partition coefficient (Wildman–Crippen LogP) is -6.74. The zero-order valence-electron chi connectivity index (χ0n) is 12.9. The van der Waals surface area contributed by atoms with E-state index >= 15 is 0 Å². The van der Waals surface area contributed by atoms with Gasteiger partial charge in [0, 0.05) is 9.88 Å². The summed E-state index contributed by atoms with van der Waals surface area (Å²) >= 11 is 1.19. The molecule has 0 aliphatic carbocycles. The SMILES string of the molecule is NN1O[N+]2(N)ON3O[N+](N)(OI)O[N+]4(N)O[N+](N)(O1)O[N+](N)(O2)O[N+](N)(O3)O4. The summed E-state index contributed by atoms with van der Waals surface area (Å²) in [5.41, 5.74) is 0. The zero-order chi connectivity index (χ0) is 20.6. The van der Waals surface area contributed by atoms with Crippen LogP contribution in [0.5, 0.6) is 0 Å². The minimum atomic E-state index is -2.25. The summed E-state index contributed by atoms with van der Waals surface area (Å²) in [6, 6.07) is 0. The van der Waals surface area contributed by atoms with Crippen LogP contribution in [0.15, 0.2) is 0 Å². The lowest BCUT2D eigenvalue weighted by Gasteiger charge is -2.37. The number of nitrogens with zero attached hydrogens (tertiary/aromatic N) is 8. The van der Waals surface area contributed by atoms with Gasteiger partial charge in [0.25, 0.3) is 15.6 Å². The predicted molar refractivity (Wildman–Crippen MR) is 61.6 cm³/mol. The Bertz CT molecular complexity index is 649. The highest BCUT2D eigenvalue weighted by molar-refractivity contribution is 14.1. The van der Waals surface area contributed by atoms with Crippen LogP contribution in [-0.4, -0.2) is 41.2 Å². The van der Waals surface area contributed by atoms with Crippen molar-refractivity contribution in [3.8, 4) is 0 Å². The zero-order valence-corrected chi connectivity index (χ0v) is 15.1. The molecule has 4 aliphatic heterocycles. The molecule has 4 heterocycles. The van der Waals surface area contributed by atoms with Crippen molar-refractivity contribution >= 4 is 23.0 Å². The fourth-order valence-electron chi connectivity index (χ4n) is 1.78. The van der Waals surface area contributed by atoms with Crippen molar-refractivity contribution in [3.63, 3.8) is 0 Å². The molecule has 27 nitrogen and oxygen atoms in total. The first-order valence-corrected chi connectivity index (χ1v) is 7.04. The van der Waals surface area contributed by atoms with E-state index in [4.69, 9.17) is 95.2 Å². The number of quaternary nitrogens is 6. The average Bonchev–Trinajstić information content (AvgIpc) is 2.37. The van der Waals surface area contributed by atoms with Gasteiger partial charge in [0.1, 0.15) is 5.34 Å². The largest absolute Gasteiger partial charge is 0.359 e. The van der Waals surface area contributed by atoms with Gasteiger partial charge < -0.3 is 0 Å². The molecule has 162 valence electrons. The highest BCUT2D eigenvalue weighted by Gasteiger charge is 2.83. The number of hydrogen-bond donors (Lipinski definition) is 7. The van der Waals surface area contributed by atoms with E-state index in [9.17, 15) is 0 Å². The molecule has 4 saturated heterocycles. The Kier molecular flexibility index (Phi) is 4.55. The van der Waals surface area contributed by atoms with Gasteiger partial charge in [0.2, 0.25) is 42.8 Å². The molecule has 0 aromatic carbocycles. The van der Waals surface area contributed by atoms with Gasteiger partial charge in [0.15, 0.2) is 9.88 Å². The summed E-state index contributed by atoms with van der Waals surface area (Å²) in [5, 5.41) is -13.3. The lowest BCUT2D eigenvalue weighted by atomic mass is 12.1. The first kappa shape index (κ1) is 20.9. The van der Waals surface area contributed by atoms with E-state index in [1.165, 1.54) is 23.0 Å². The molecule has 0 radical (unpaired) electrons. The lowest BCUT2D eigenvalue weighted by Crippen LogP contribution is -2.88. The van der Waals surface area contributed by atoms with Gasteiger partial charge >= 0.3 is 20.3 Å². The van der Waals surface area contributed by atoms with Gasteiger partial charge in [-0.1, -0.05) is 35.1 Å². The fourth-order valence-corrected chi connectivity index (χ4v) is 1.92. The molecule has 7 atom stereocenters. The molecular formula is H14IN15O12+6. The quantitative estimate of drug-likeness (QED) is 0.0918. The average molecular weight is 543 g/mol. The van der Waals surface area contributed by atoms with E-state index < -0.39 is 30.5 Å². The second-order valence-corrected chi connectivity index (χ2v) is 5.11. The van der Waals surface area contributed by atoms with E-state index in [-0.39, 0.29) is 10.7 Å². The summed E-state index contributed by atoms with van der Waals surface area (Å²) in [6.07, 6.45) is 0. The number of nitrogens with two attached hydrogens (primary N) is 7. The van der Waals surface area contributed by atoms with E-state index in [0.717, 1.165) is 0 Å². The Labute approximate surface area is 163 Å². The molecule has 14 N–H and O–H groups in total. The van der Waals surface area contributed by atoms with Crippen LogP contribution in [0, 0.1) is 0 Å². The maximum absolute atomic E-state index is 5.68. The normalized spacial score (nSPS) is 57.6. The number of rotatable bonds is 1. The maximum atomic E-state index is 5.68. The van der Waals surface area contributed by atoms with Crippen molar-refractivity contribution in [2.75, 3.05) is 0 Å². The highest BCUT2D eigenvalue weighted by Crippen LogP contribution is 2.36. The van der Waals surface area contributed by atoms with Gasteiger partial charge in [-0.3, -0.25) is 0 Å². The summed E-state index contributed by atoms with van der Waals surface area (Å²) in [5.74, 6) is 39.2. The van der Waals surface area contributed by atoms with Crippen LogP contribution >= 0.6 is 23.0 Å². The molecule has 28 heteroatoms. The van der Waals surface area contributed by atoms with Crippen molar-refractivity contribution in [1.29, 1.82) is 0 Å². The minimum absolute atomic E-state index is 0.110. The molecule has 4 rings (SSSR count). The molecular weight excluding hydrogens is 529 g/mol. The Morgan fingerprint density at radius 1 is 0.571 bits per heavy atom. The summed E-state index contributed by atoms with van der Waals surface area (Å²) in [7, 11) is 0. The Hall–Kier alpha value is -0.350. The highest BCUT2D eigenvalue weighted by atomic mass is 127. The molecule has 0 aromatic rings. The van der Waals surface area contributed by atoms with Gasteiger partial charge in [-0.2, -0.15) is 0 Å². The van der Waals surface area contributed by atoms with Crippen molar-refractivity contribution in [2.24, 2.45) is 40.9 Å². The van der Waals surface area contributed by atoms with Gasteiger partial charge in [-0.05, 0) is 3.17 Å². The van der Waals surface area contributed by atoms with E-state index in [1.54, 1.807) is 0 Å². The van der Waals surface area contributed by atoms with Crippen LogP contribution in [0.1, 0.15) is 0 Å². The van der Waals surface area contributed by atoms with Crippen LogP contribution < -0.4 is 40.9 Å². The first-order chi connectivity index (χ1) is 12.7. The Balaban J connectivity index is 1.89. The van der Waals surface area contributed by atoms with Crippen LogP contribution in [0.25, 0.3) is 0 Å². The van der Waals surface area contributed by atoms with Gasteiger partial charge in [0.05, 0.1) is 14.8 Å². The van der Waals surface area contributed by atoms with Crippen LogP contribution in [0.4, 0.5) is 0 Å². The molecule has 0 saturated carbocycles. The Morgan fingerprint density at radius 2 is 1.00 bits per heavy atom. The van der Waals surface area contributed by atoms with Gasteiger partial charge in [-0.15, -0.1) is 0 Å². The molecule has 4 fully saturated rings. The third-order valence-corrected chi connectivity index (χ3v) is 2.94. The second kappa shape index (κ2) is 6.09. The molecule has 0 amide bonds. The summed E-state index contributed by atoms with van der Waals surface area (Å²) in [4.78, 5) is 53.4. The third-order valence-electron chi connectivity index (χ3n) is 2.39. The molecule has 0 spiro atoms. The van der Waals surface area contributed by atoms with Crippen LogP contribution in [-0.2, 0) is 57.5 Å². The molecule has 7 unspecified atom stereocenters. The van der Waals surface area contributed by atoms with Crippen LogP contribution in [0.3, 0.4) is 0 Å².